The maximum absolute atomic E-state index is 12.8. The molecule has 1 aromatic heterocycles. The molecular formula is C11H10FN3O2. The number of aromatic nitrogens is 2. The van der Waals surface area contributed by atoms with Crippen LogP contribution in [0.1, 0.15) is 10.4 Å². The van der Waals surface area contributed by atoms with Gasteiger partial charge in [0.15, 0.2) is 0 Å². The third-order valence-electron chi connectivity index (χ3n) is 2.28. The van der Waals surface area contributed by atoms with Crippen LogP contribution in [0.5, 0.6) is 0 Å². The van der Waals surface area contributed by atoms with E-state index in [2.05, 4.69) is 9.84 Å². The monoisotopic (exact) mass is 235 g/mol. The Labute approximate surface area is 96.6 Å². The van der Waals surface area contributed by atoms with Crippen molar-refractivity contribution < 1.29 is 13.9 Å². The average Bonchev–Trinajstić information content (AvgIpc) is 2.71. The summed E-state index contributed by atoms with van der Waals surface area (Å²) in [5.74, 6) is -0.757. The van der Waals surface area contributed by atoms with E-state index in [0.29, 0.717) is 5.69 Å². The number of ether oxygens (including phenoxy) is 1. The number of nitrogens with zero attached hydrogens (tertiary/aromatic N) is 2. The number of hydrogen-bond donors (Lipinski definition) is 1. The van der Waals surface area contributed by atoms with Crippen LogP contribution in [0.3, 0.4) is 0 Å². The van der Waals surface area contributed by atoms with Gasteiger partial charge in [-0.25, -0.2) is 13.9 Å². The van der Waals surface area contributed by atoms with Crippen LogP contribution in [-0.4, -0.2) is 22.9 Å². The number of esters is 1. The van der Waals surface area contributed by atoms with E-state index in [1.807, 2.05) is 0 Å². The predicted molar refractivity (Wildman–Crippen MR) is 59.3 cm³/mol. The molecule has 17 heavy (non-hydrogen) atoms. The lowest BCUT2D eigenvalue weighted by Gasteiger charge is -2.04. The normalized spacial score (nSPS) is 10.2. The van der Waals surface area contributed by atoms with Gasteiger partial charge in [0.25, 0.3) is 0 Å². The Morgan fingerprint density at radius 2 is 2.06 bits per heavy atom. The van der Waals surface area contributed by atoms with E-state index in [9.17, 15) is 9.18 Å². The summed E-state index contributed by atoms with van der Waals surface area (Å²) in [4.78, 5) is 11.3. The highest BCUT2D eigenvalue weighted by atomic mass is 19.1. The maximum atomic E-state index is 12.8. The number of nitrogen functional groups attached to an aromatic ring is 1. The predicted octanol–water partition coefficient (Wildman–Crippen LogP) is 1.38. The molecule has 0 aliphatic heterocycles. The fourth-order valence-corrected chi connectivity index (χ4v) is 1.41. The molecule has 0 aliphatic rings. The van der Waals surface area contributed by atoms with Gasteiger partial charge >= 0.3 is 5.97 Å². The summed E-state index contributed by atoms with van der Waals surface area (Å²) in [5.41, 5.74) is 6.50. The molecule has 0 spiro atoms. The third kappa shape index (κ3) is 1.96. The first-order chi connectivity index (χ1) is 8.13. The van der Waals surface area contributed by atoms with Crippen molar-refractivity contribution in [2.24, 2.45) is 0 Å². The van der Waals surface area contributed by atoms with Gasteiger partial charge in [-0.05, 0) is 24.3 Å². The van der Waals surface area contributed by atoms with Gasteiger partial charge in [-0.15, -0.1) is 0 Å². The van der Waals surface area contributed by atoms with Crippen molar-refractivity contribution in [3.63, 3.8) is 0 Å². The van der Waals surface area contributed by atoms with Crippen molar-refractivity contribution in [1.29, 1.82) is 0 Å². The second kappa shape index (κ2) is 4.25. The van der Waals surface area contributed by atoms with Gasteiger partial charge in [0.2, 0.25) is 0 Å². The lowest BCUT2D eigenvalue weighted by molar-refractivity contribution is 0.0602. The molecule has 0 amide bonds. The Bertz CT molecular complexity index is 548. The Kier molecular flexibility index (Phi) is 2.78. The molecule has 88 valence electrons. The SMILES string of the molecule is COC(=O)c1cnn(-c2ccc(F)cc2)c1N. The molecule has 0 saturated heterocycles. The lowest BCUT2D eigenvalue weighted by atomic mass is 10.3. The summed E-state index contributed by atoms with van der Waals surface area (Å²) in [5, 5.41) is 3.95. The van der Waals surface area contributed by atoms with Crippen molar-refractivity contribution in [2.75, 3.05) is 12.8 Å². The zero-order chi connectivity index (χ0) is 12.4. The fraction of sp³-hybridized carbons (Fsp3) is 0.0909. The second-order valence-corrected chi connectivity index (χ2v) is 3.32. The highest BCUT2D eigenvalue weighted by Crippen LogP contribution is 2.17. The van der Waals surface area contributed by atoms with Crippen LogP contribution < -0.4 is 5.73 Å². The number of methoxy groups -OCH3 is 1. The molecule has 2 N–H and O–H groups in total. The zero-order valence-corrected chi connectivity index (χ0v) is 9.05. The summed E-state index contributed by atoms with van der Waals surface area (Å²) < 4.78 is 18.6. The van der Waals surface area contributed by atoms with Gasteiger partial charge in [-0.2, -0.15) is 5.10 Å². The quantitative estimate of drug-likeness (QED) is 0.798. The summed E-state index contributed by atoms with van der Waals surface area (Å²) >= 11 is 0. The number of carbonyl (C=O) groups is 1. The van der Waals surface area contributed by atoms with E-state index in [1.54, 1.807) is 0 Å². The first-order valence-electron chi connectivity index (χ1n) is 4.81. The number of carbonyl (C=O) groups excluding carboxylic acids is 1. The largest absolute Gasteiger partial charge is 0.465 e. The molecule has 0 saturated carbocycles. The van der Waals surface area contributed by atoms with E-state index in [1.165, 1.54) is 42.3 Å². The number of halogens is 1. The number of benzene rings is 1. The minimum atomic E-state index is -0.559. The molecule has 2 aromatic rings. The first-order valence-corrected chi connectivity index (χ1v) is 4.81. The summed E-state index contributed by atoms with van der Waals surface area (Å²) in [6, 6.07) is 5.60. The lowest BCUT2D eigenvalue weighted by Crippen LogP contribution is -2.07. The van der Waals surface area contributed by atoms with E-state index in [0.717, 1.165) is 0 Å². The zero-order valence-electron chi connectivity index (χ0n) is 9.05. The van der Waals surface area contributed by atoms with E-state index >= 15 is 0 Å². The van der Waals surface area contributed by atoms with Gasteiger partial charge < -0.3 is 10.5 Å². The summed E-state index contributed by atoms with van der Waals surface area (Å²) in [6.07, 6.45) is 1.31. The number of hydrogen-bond acceptors (Lipinski definition) is 4. The summed E-state index contributed by atoms with van der Waals surface area (Å²) in [6.45, 7) is 0. The smallest absolute Gasteiger partial charge is 0.343 e. The van der Waals surface area contributed by atoms with Crippen LogP contribution in [0.4, 0.5) is 10.2 Å². The van der Waals surface area contributed by atoms with Crippen molar-refractivity contribution >= 4 is 11.8 Å². The molecule has 2 rings (SSSR count). The van der Waals surface area contributed by atoms with Gasteiger partial charge in [-0.3, -0.25) is 0 Å². The first kappa shape index (κ1) is 11.1. The standard InChI is InChI=1S/C11H10FN3O2/c1-17-11(16)9-6-14-15(10(9)13)8-4-2-7(12)3-5-8/h2-6H,13H2,1H3. The van der Waals surface area contributed by atoms with Crippen molar-refractivity contribution in [3.8, 4) is 5.69 Å². The number of nitrogens with two attached hydrogens (primary N) is 1. The molecule has 5 nitrogen and oxygen atoms in total. The fourth-order valence-electron chi connectivity index (χ4n) is 1.41. The van der Waals surface area contributed by atoms with Crippen LogP contribution in [0.2, 0.25) is 0 Å². The number of rotatable bonds is 2. The highest BCUT2D eigenvalue weighted by Gasteiger charge is 2.16. The molecule has 0 radical (unpaired) electrons. The van der Waals surface area contributed by atoms with Gasteiger partial charge in [0, 0.05) is 0 Å². The van der Waals surface area contributed by atoms with Crippen molar-refractivity contribution in [1.82, 2.24) is 9.78 Å². The molecule has 0 fully saturated rings. The van der Waals surface area contributed by atoms with Crippen LogP contribution in [0, 0.1) is 5.82 Å². The van der Waals surface area contributed by atoms with Crippen molar-refractivity contribution in [3.05, 3.63) is 41.8 Å². The van der Waals surface area contributed by atoms with E-state index < -0.39 is 5.97 Å². The van der Waals surface area contributed by atoms with Crippen molar-refractivity contribution in [2.45, 2.75) is 0 Å². The van der Waals surface area contributed by atoms with Gasteiger partial charge in [0.1, 0.15) is 17.2 Å². The highest BCUT2D eigenvalue weighted by molar-refractivity contribution is 5.94. The molecule has 6 heteroatoms. The molecule has 1 heterocycles. The van der Waals surface area contributed by atoms with Crippen LogP contribution >= 0.6 is 0 Å². The van der Waals surface area contributed by atoms with Gasteiger partial charge in [-0.1, -0.05) is 0 Å². The van der Waals surface area contributed by atoms with E-state index in [-0.39, 0.29) is 17.2 Å². The Balaban J connectivity index is 2.44. The van der Waals surface area contributed by atoms with E-state index in [4.69, 9.17) is 5.73 Å². The molecule has 0 atom stereocenters. The third-order valence-corrected chi connectivity index (χ3v) is 2.28. The van der Waals surface area contributed by atoms with Gasteiger partial charge in [0.05, 0.1) is 19.0 Å². The minimum Gasteiger partial charge on any atom is -0.465 e. The summed E-state index contributed by atoms with van der Waals surface area (Å²) in [7, 11) is 1.26. The Hall–Kier alpha value is -2.37. The molecule has 0 aliphatic carbocycles. The molecular weight excluding hydrogens is 225 g/mol. The molecule has 1 aromatic carbocycles. The Morgan fingerprint density at radius 3 is 2.65 bits per heavy atom. The molecule has 0 bridgehead atoms. The van der Waals surface area contributed by atoms with Crippen LogP contribution in [0.15, 0.2) is 30.5 Å². The topological polar surface area (TPSA) is 70.1 Å². The van der Waals surface area contributed by atoms with Crippen LogP contribution in [0.25, 0.3) is 5.69 Å². The maximum Gasteiger partial charge on any atom is 0.343 e. The number of anilines is 1. The van der Waals surface area contributed by atoms with Crippen LogP contribution in [-0.2, 0) is 4.74 Å². The molecule has 0 unspecified atom stereocenters. The Morgan fingerprint density at radius 1 is 1.41 bits per heavy atom. The average molecular weight is 235 g/mol. The second-order valence-electron chi connectivity index (χ2n) is 3.32. The minimum absolute atomic E-state index is 0.156.